The van der Waals surface area contributed by atoms with Crippen molar-refractivity contribution in [3.63, 3.8) is 0 Å². The topological polar surface area (TPSA) is 27.7 Å². The maximum absolute atomic E-state index is 6.10. The fourth-order valence-electron chi connectivity index (χ4n) is 2.57. The maximum atomic E-state index is 6.10. The average Bonchev–Trinajstić information content (AvgIpc) is 2.11. The van der Waals surface area contributed by atoms with Crippen LogP contribution in [0.2, 0.25) is 12.6 Å². The molecule has 0 atom stereocenters. The van der Waals surface area contributed by atoms with Crippen molar-refractivity contribution in [1.82, 2.24) is 0 Å². The third kappa shape index (κ3) is 5.39. The second kappa shape index (κ2) is 6.50. The zero-order chi connectivity index (χ0) is 13.8. The molecule has 1 heterocycles. The molecule has 0 aliphatic carbocycles. The largest absolute Gasteiger partial charge is 0.392 e. The summed E-state index contributed by atoms with van der Waals surface area (Å²) in [6, 6.07) is 1.08. The molecule has 0 aromatic rings. The van der Waals surface area contributed by atoms with E-state index in [0.29, 0.717) is 5.41 Å². The van der Waals surface area contributed by atoms with Crippen LogP contribution in [0.15, 0.2) is 0 Å². The summed E-state index contributed by atoms with van der Waals surface area (Å²) in [6.45, 7) is 14.7. The average molecular weight is 274 g/mol. The van der Waals surface area contributed by atoms with Gasteiger partial charge in [0.15, 0.2) is 0 Å². The molecule has 1 aliphatic heterocycles. The van der Waals surface area contributed by atoms with Crippen LogP contribution in [0.25, 0.3) is 0 Å². The van der Waals surface area contributed by atoms with Crippen LogP contribution < -0.4 is 0 Å². The van der Waals surface area contributed by atoms with Crippen LogP contribution in [-0.4, -0.2) is 34.0 Å². The Morgan fingerprint density at radius 2 is 1.61 bits per heavy atom. The van der Waals surface area contributed by atoms with Gasteiger partial charge in [0.05, 0.1) is 13.2 Å². The van der Waals surface area contributed by atoms with Gasteiger partial charge in [0, 0.05) is 17.6 Å². The monoisotopic (exact) mass is 274 g/mol. The molecule has 3 nitrogen and oxygen atoms in total. The molecule has 0 radical (unpaired) electrons. The number of hydrogen-bond donors (Lipinski definition) is 0. The molecule has 1 rings (SSSR count). The highest BCUT2D eigenvalue weighted by molar-refractivity contribution is 6.66. The molecule has 0 spiro atoms. The fourth-order valence-corrected chi connectivity index (χ4v) is 5.68. The molecule has 4 heteroatoms. The van der Waals surface area contributed by atoms with Gasteiger partial charge in [0.25, 0.3) is 0 Å². The SMILES string of the molecule is CC(C)O[Si](C)(CCCC1(C)COC1)OC(C)C. The molecule has 1 fully saturated rings. The maximum Gasteiger partial charge on any atom is 0.335 e. The zero-order valence-corrected chi connectivity index (χ0v) is 13.9. The van der Waals surface area contributed by atoms with Gasteiger partial charge in [-0.25, -0.2) is 0 Å². The number of hydrogen-bond acceptors (Lipinski definition) is 3. The predicted octanol–water partition coefficient (Wildman–Crippen LogP) is 3.73. The normalized spacial score (nSPS) is 19.3. The van der Waals surface area contributed by atoms with Gasteiger partial charge in [-0.3, -0.25) is 0 Å². The van der Waals surface area contributed by atoms with E-state index in [1.54, 1.807) is 0 Å². The van der Waals surface area contributed by atoms with Gasteiger partial charge >= 0.3 is 8.56 Å². The summed E-state index contributed by atoms with van der Waals surface area (Å²) < 4.78 is 17.5. The Kier molecular flexibility index (Phi) is 5.84. The lowest BCUT2D eigenvalue weighted by molar-refractivity contribution is -0.106. The van der Waals surface area contributed by atoms with Crippen molar-refractivity contribution < 1.29 is 13.6 Å². The molecule has 0 aromatic carbocycles. The van der Waals surface area contributed by atoms with Gasteiger partial charge in [0.1, 0.15) is 0 Å². The summed E-state index contributed by atoms with van der Waals surface area (Å²) in [5, 5.41) is 0. The molecule has 0 amide bonds. The molecule has 0 N–H and O–H groups in total. The van der Waals surface area contributed by atoms with Crippen molar-refractivity contribution >= 4 is 8.56 Å². The second-order valence-corrected chi connectivity index (χ2v) is 9.86. The second-order valence-electron chi connectivity index (χ2n) is 6.62. The van der Waals surface area contributed by atoms with Crippen molar-refractivity contribution in [3.05, 3.63) is 0 Å². The van der Waals surface area contributed by atoms with Crippen molar-refractivity contribution in [2.45, 2.75) is 72.3 Å². The van der Waals surface area contributed by atoms with E-state index in [1.807, 2.05) is 0 Å². The van der Waals surface area contributed by atoms with E-state index in [-0.39, 0.29) is 12.2 Å². The lowest BCUT2D eigenvalue weighted by Gasteiger charge is -2.39. The Bertz CT molecular complexity index is 239. The molecule has 0 bridgehead atoms. The van der Waals surface area contributed by atoms with Crippen LogP contribution >= 0.6 is 0 Å². The zero-order valence-electron chi connectivity index (χ0n) is 12.9. The summed E-state index contributed by atoms with van der Waals surface area (Å²) in [6.07, 6.45) is 2.91. The highest BCUT2D eigenvalue weighted by Crippen LogP contribution is 2.34. The standard InChI is InChI=1S/C14H30O3Si/c1-12(2)16-18(6,17-13(3)4)9-7-8-14(5)10-15-11-14/h12-13H,7-11H2,1-6H3. The minimum atomic E-state index is -2.00. The van der Waals surface area contributed by atoms with Crippen molar-refractivity contribution in [2.75, 3.05) is 13.2 Å². The third-order valence-electron chi connectivity index (χ3n) is 3.28. The van der Waals surface area contributed by atoms with Crippen LogP contribution in [0.5, 0.6) is 0 Å². The molecule has 0 aromatic heterocycles. The van der Waals surface area contributed by atoms with Crippen LogP contribution in [-0.2, 0) is 13.6 Å². The van der Waals surface area contributed by atoms with E-state index in [2.05, 4.69) is 41.2 Å². The van der Waals surface area contributed by atoms with Crippen molar-refractivity contribution in [2.24, 2.45) is 5.41 Å². The summed E-state index contributed by atoms with van der Waals surface area (Å²) in [4.78, 5) is 0. The summed E-state index contributed by atoms with van der Waals surface area (Å²) in [5.41, 5.74) is 0.408. The van der Waals surface area contributed by atoms with E-state index in [1.165, 1.54) is 12.8 Å². The van der Waals surface area contributed by atoms with Gasteiger partial charge in [-0.15, -0.1) is 0 Å². The van der Waals surface area contributed by atoms with Crippen LogP contribution in [0, 0.1) is 5.41 Å². The summed E-state index contributed by atoms with van der Waals surface area (Å²) >= 11 is 0. The minimum Gasteiger partial charge on any atom is -0.392 e. The van der Waals surface area contributed by atoms with Gasteiger partial charge in [0.2, 0.25) is 0 Å². The third-order valence-corrected chi connectivity index (χ3v) is 6.48. The Hall–Kier alpha value is 0.0969. The first-order valence-corrected chi connectivity index (χ1v) is 9.70. The number of rotatable bonds is 8. The van der Waals surface area contributed by atoms with Crippen LogP contribution in [0.1, 0.15) is 47.5 Å². The molecule has 1 saturated heterocycles. The quantitative estimate of drug-likeness (QED) is 0.631. The molecular weight excluding hydrogens is 244 g/mol. The van der Waals surface area contributed by atoms with E-state index >= 15 is 0 Å². The van der Waals surface area contributed by atoms with E-state index < -0.39 is 8.56 Å². The summed E-state index contributed by atoms with van der Waals surface area (Å²) in [5.74, 6) is 0. The van der Waals surface area contributed by atoms with E-state index in [0.717, 1.165) is 19.3 Å². The lowest BCUT2D eigenvalue weighted by Crippen LogP contribution is -2.44. The van der Waals surface area contributed by atoms with Gasteiger partial charge < -0.3 is 13.6 Å². The smallest absolute Gasteiger partial charge is 0.335 e. The van der Waals surface area contributed by atoms with Crippen molar-refractivity contribution in [1.29, 1.82) is 0 Å². The Balaban J connectivity index is 2.39. The molecule has 18 heavy (non-hydrogen) atoms. The first-order chi connectivity index (χ1) is 8.25. The van der Waals surface area contributed by atoms with Gasteiger partial charge in [-0.2, -0.15) is 0 Å². The first-order valence-electron chi connectivity index (χ1n) is 7.18. The number of ether oxygens (including phenoxy) is 1. The predicted molar refractivity (Wildman–Crippen MR) is 77.0 cm³/mol. The molecule has 0 saturated carbocycles. The molecule has 1 aliphatic rings. The Morgan fingerprint density at radius 1 is 1.11 bits per heavy atom. The van der Waals surface area contributed by atoms with Gasteiger partial charge in [-0.1, -0.05) is 13.3 Å². The molecule has 0 unspecified atom stereocenters. The molecular formula is C14H30O3Si. The fraction of sp³-hybridized carbons (Fsp3) is 1.00. The summed E-state index contributed by atoms with van der Waals surface area (Å²) in [7, 11) is -2.00. The van der Waals surface area contributed by atoms with Crippen LogP contribution in [0.4, 0.5) is 0 Å². The highest BCUT2D eigenvalue weighted by Gasteiger charge is 2.37. The van der Waals surface area contributed by atoms with E-state index in [9.17, 15) is 0 Å². The minimum absolute atomic E-state index is 0.253. The Morgan fingerprint density at radius 3 is 1.94 bits per heavy atom. The molecule has 108 valence electrons. The Labute approximate surface area is 113 Å². The first kappa shape index (κ1) is 16.2. The van der Waals surface area contributed by atoms with Gasteiger partial charge in [-0.05, 0) is 46.7 Å². The lowest BCUT2D eigenvalue weighted by atomic mass is 9.84. The van der Waals surface area contributed by atoms with Crippen molar-refractivity contribution in [3.8, 4) is 0 Å². The van der Waals surface area contributed by atoms with Crippen LogP contribution in [0.3, 0.4) is 0 Å². The highest BCUT2D eigenvalue weighted by atomic mass is 28.4. The van der Waals surface area contributed by atoms with E-state index in [4.69, 9.17) is 13.6 Å².